The summed E-state index contributed by atoms with van der Waals surface area (Å²) in [6.45, 7) is 6.70. The second-order valence-corrected chi connectivity index (χ2v) is 6.15. The quantitative estimate of drug-likeness (QED) is 0.854. The van der Waals surface area contributed by atoms with E-state index in [1.807, 2.05) is 13.8 Å². The molecule has 1 atom stereocenters. The van der Waals surface area contributed by atoms with Crippen LogP contribution in [-0.2, 0) is 4.74 Å². The first-order chi connectivity index (χ1) is 9.32. The van der Waals surface area contributed by atoms with Gasteiger partial charge < -0.3 is 14.7 Å². The van der Waals surface area contributed by atoms with Gasteiger partial charge in [0.25, 0.3) is 5.91 Å². The lowest BCUT2D eigenvalue weighted by Gasteiger charge is -2.42. The normalized spacial score (nSPS) is 21.8. The first-order valence-corrected chi connectivity index (χ1v) is 7.18. The molecule has 0 radical (unpaired) electrons. The van der Waals surface area contributed by atoms with Crippen molar-refractivity contribution in [2.75, 3.05) is 19.0 Å². The zero-order chi connectivity index (χ0) is 14.9. The number of rotatable bonds is 2. The number of carbonyl (C=O) groups excluding carboxylic acids is 1. The smallest absolute Gasteiger partial charge is 0.254 e. The summed E-state index contributed by atoms with van der Waals surface area (Å²) in [4.78, 5) is 14.3. The van der Waals surface area contributed by atoms with Crippen LogP contribution in [0, 0.1) is 6.92 Å². The lowest BCUT2D eigenvalue weighted by Crippen LogP contribution is -2.55. The minimum absolute atomic E-state index is 0.0559. The van der Waals surface area contributed by atoms with E-state index in [4.69, 9.17) is 16.3 Å². The number of benzene rings is 1. The van der Waals surface area contributed by atoms with Crippen LogP contribution in [0.2, 0.25) is 0 Å². The summed E-state index contributed by atoms with van der Waals surface area (Å²) in [6, 6.07) is 4.89. The van der Waals surface area contributed by atoms with E-state index in [2.05, 4.69) is 0 Å². The van der Waals surface area contributed by atoms with Gasteiger partial charge in [0.2, 0.25) is 0 Å². The first-order valence-electron chi connectivity index (χ1n) is 6.65. The Labute approximate surface area is 124 Å². The van der Waals surface area contributed by atoms with Crippen LogP contribution >= 0.6 is 11.6 Å². The summed E-state index contributed by atoms with van der Waals surface area (Å²) < 4.78 is 5.82. The van der Waals surface area contributed by atoms with Crippen LogP contribution in [0.3, 0.4) is 0 Å². The molecule has 2 rings (SSSR count). The molecule has 1 aromatic rings. The molecular weight excluding hydrogens is 278 g/mol. The van der Waals surface area contributed by atoms with Crippen molar-refractivity contribution in [1.82, 2.24) is 4.90 Å². The number of aryl methyl sites for hydroxylation is 1. The van der Waals surface area contributed by atoms with Gasteiger partial charge in [-0.1, -0.05) is 0 Å². The number of morpholine rings is 1. The summed E-state index contributed by atoms with van der Waals surface area (Å²) in [5.74, 6) is 0.504. The standard InChI is InChI=1S/C15H20ClNO3/c1-10-6-11(4-5-13(10)18)14(19)17-8-12(7-16)20-15(2,3)9-17/h4-6,12,18H,7-9H2,1-3H3. The third-order valence-electron chi connectivity index (χ3n) is 3.38. The zero-order valence-corrected chi connectivity index (χ0v) is 12.8. The molecule has 1 aliphatic heterocycles. The summed E-state index contributed by atoms with van der Waals surface area (Å²) in [5, 5.41) is 9.54. The number of phenols is 1. The predicted octanol–water partition coefficient (Wildman–Crippen LogP) is 2.56. The summed E-state index contributed by atoms with van der Waals surface area (Å²) in [5.41, 5.74) is 0.864. The van der Waals surface area contributed by atoms with Crippen LogP contribution in [0.1, 0.15) is 29.8 Å². The SMILES string of the molecule is Cc1cc(C(=O)N2CC(CCl)OC(C)(C)C2)ccc1O. The van der Waals surface area contributed by atoms with Crippen LogP contribution < -0.4 is 0 Å². The van der Waals surface area contributed by atoms with E-state index in [-0.39, 0.29) is 17.8 Å². The van der Waals surface area contributed by atoms with Crippen molar-refractivity contribution in [2.45, 2.75) is 32.5 Å². The number of carbonyl (C=O) groups is 1. The molecule has 0 aliphatic carbocycles. The van der Waals surface area contributed by atoms with Gasteiger partial charge in [-0.3, -0.25) is 4.79 Å². The van der Waals surface area contributed by atoms with Gasteiger partial charge in [0.1, 0.15) is 5.75 Å². The number of hydrogen-bond acceptors (Lipinski definition) is 3. The van der Waals surface area contributed by atoms with Gasteiger partial charge in [0.15, 0.2) is 0 Å². The second kappa shape index (κ2) is 5.62. The molecule has 20 heavy (non-hydrogen) atoms. The van der Waals surface area contributed by atoms with Gasteiger partial charge in [-0.05, 0) is 44.5 Å². The van der Waals surface area contributed by atoms with Gasteiger partial charge in [0.05, 0.1) is 17.6 Å². The Bertz CT molecular complexity index is 516. The highest BCUT2D eigenvalue weighted by Crippen LogP contribution is 2.24. The van der Waals surface area contributed by atoms with E-state index >= 15 is 0 Å². The number of nitrogens with zero attached hydrogens (tertiary/aromatic N) is 1. The highest BCUT2D eigenvalue weighted by molar-refractivity contribution is 6.18. The van der Waals surface area contributed by atoms with E-state index in [9.17, 15) is 9.90 Å². The lowest BCUT2D eigenvalue weighted by molar-refractivity contribution is -0.117. The van der Waals surface area contributed by atoms with Crippen molar-refractivity contribution in [2.24, 2.45) is 0 Å². The molecule has 110 valence electrons. The van der Waals surface area contributed by atoms with Crippen molar-refractivity contribution in [3.8, 4) is 5.75 Å². The molecule has 4 nitrogen and oxygen atoms in total. The Morgan fingerprint density at radius 3 is 2.85 bits per heavy atom. The van der Waals surface area contributed by atoms with Crippen LogP contribution in [0.15, 0.2) is 18.2 Å². The van der Waals surface area contributed by atoms with Crippen molar-refractivity contribution in [1.29, 1.82) is 0 Å². The number of alkyl halides is 1. The van der Waals surface area contributed by atoms with Crippen LogP contribution in [0.4, 0.5) is 0 Å². The Balaban J connectivity index is 2.21. The maximum absolute atomic E-state index is 12.6. The van der Waals surface area contributed by atoms with Crippen molar-refractivity contribution in [3.05, 3.63) is 29.3 Å². The van der Waals surface area contributed by atoms with Gasteiger partial charge in [0, 0.05) is 18.7 Å². The fourth-order valence-corrected chi connectivity index (χ4v) is 2.66. The van der Waals surface area contributed by atoms with Crippen molar-refractivity contribution >= 4 is 17.5 Å². The van der Waals surface area contributed by atoms with Crippen LogP contribution in [0.25, 0.3) is 0 Å². The van der Waals surface area contributed by atoms with E-state index in [1.165, 1.54) is 0 Å². The van der Waals surface area contributed by atoms with Crippen molar-refractivity contribution < 1.29 is 14.6 Å². The highest BCUT2D eigenvalue weighted by atomic mass is 35.5. The van der Waals surface area contributed by atoms with Gasteiger partial charge in [-0.15, -0.1) is 11.6 Å². The minimum Gasteiger partial charge on any atom is -0.508 e. The van der Waals surface area contributed by atoms with Crippen LogP contribution in [0.5, 0.6) is 5.75 Å². The molecule has 5 heteroatoms. The fourth-order valence-electron chi connectivity index (χ4n) is 2.50. The number of hydrogen-bond donors (Lipinski definition) is 1. The molecular formula is C15H20ClNO3. The summed E-state index contributed by atoms with van der Waals surface area (Å²) >= 11 is 5.87. The highest BCUT2D eigenvalue weighted by Gasteiger charge is 2.35. The molecule has 1 fully saturated rings. The van der Waals surface area contributed by atoms with Crippen molar-refractivity contribution in [3.63, 3.8) is 0 Å². The average molecular weight is 298 g/mol. The molecule has 0 aromatic heterocycles. The average Bonchev–Trinajstić information content (AvgIpc) is 2.39. The number of ether oxygens (including phenoxy) is 1. The molecule has 0 bridgehead atoms. The molecule has 0 spiro atoms. The molecule has 1 saturated heterocycles. The molecule has 0 saturated carbocycles. The Morgan fingerprint density at radius 1 is 1.55 bits per heavy atom. The Kier molecular flexibility index (Phi) is 4.25. The maximum Gasteiger partial charge on any atom is 0.254 e. The molecule has 1 amide bonds. The maximum atomic E-state index is 12.6. The topological polar surface area (TPSA) is 49.8 Å². The lowest BCUT2D eigenvalue weighted by atomic mass is 10.0. The van der Waals surface area contributed by atoms with E-state index in [1.54, 1.807) is 30.0 Å². The van der Waals surface area contributed by atoms with Gasteiger partial charge >= 0.3 is 0 Å². The third-order valence-corrected chi connectivity index (χ3v) is 3.73. The number of amides is 1. The third kappa shape index (κ3) is 3.25. The summed E-state index contributed by atoms with van der Waals surface area (Å²) in [6.07, 6.45) is -0.150. The zero-order valence-electron chi connectivity index (χ0n) is 12.0. The van der Waals surface area contributed by atoms with Gasteiger partial charge in [-0.2, -0.15) is 0 Å². The molecule has 1 aliphatic rings. The Morgan fingerprint density at radius 2 is 2.25 bits per heavy atom. The minimum atomic E-state index is -0.403. The van der Waals surface area contributed by atoms with Gasteiger partial charge in [-0.25, -0.2) is 0 Å². The molecule has 1 heterocycles. The van der Waals surface area contributed by atoms with E-state index in [0.29, 0.717) is 30.1 Å². The number of halogens is 1. The largest absolute Gasteiger partial charge is 0.508 e. The monoisotopic (exact) mass is 297 g/mol. The first kappa shape index (κ1) is 15.1. The molecule has 1 aromatic carbocycles. The van der Waals surface area contributed by atoms with E-state index in [0.717, 1.165) is 0 Å². The van der Waals surface area contributed by atoms with Crippen LogP contribution in [-0.4, -0.2) is 46.6 Å². The molecule has 1 unspecified atom stereocenters. The van der Waals surface area contributed by atoms with E-state index < -0.39 is 5.60 Å². The number of aromatic hydroxyl groups is 1. The fraction of sp³-hybridized carbons (Fsp3) is 0.533. The predicted molar refractivity (Wildman–Crippen MR) is 78.4 cm³/mol. The number of phenolic OH excluding ortho intramolecular Hbond substituents is 1. The molecule has 1 N–H and O–H groups in total. The Hall–Kier alpha value is -1.26. The summed E-state index contributed by atoms with van der Waals surface area (Å²) in [7, 11) is 0. The second-order valence-electron chi connectivity index (χ2n) is 5.84.